The van der Waals surface area contributed by atoms with Crippen molar-refractivity contribution in [3.05, 3.63) is 48.0 Å². The van der Waals surface area contributed by atoms with Crippen LogP contribution in [0.3, 0.4) is 0 Å². The Bertz CT molecular complexity index is 828. The first-order chi connectivity index (χ1) is 14.9. The Morgan fingerprint density at radius 1 is 1.19 bits per heavy atom. The van der Waals surface area contributed by atoms with Gasteiger partial charge in [-0.05, 0) is 61.8 Å². The third-order valence-corrected chi connectivity index (χ3v) is 8.94. The lowest BCUT2D eigenvalue weighted by Gasteiger charge is -2.50. The van der Waals surface area contributed by atoms with Gasteiger partial charge in [0.1, 0.15) is 6.10 Å². The van der Waals surface area contributed by atoms with Crippen LogP contribution in [0.2, 0.25) is 0 Å². The summed E-state index contributed by atoms with van der Waals surface area (Å²) in [5.41, 5.74) is 2.21. The molecule has 1 N–H and O–H groups in total. The second-order valence-corrected chi connectivity index (χ2v) is 11.1. The monoisotopic (exact) mass is 423 g/mol. The molecule has 0 spiro atoms. The molecule has 4 aliphatic rings. The van der Waals surface area contributed by atoms with Crippen molar-refractivity contribution in [2.75, 3.05) is 19.6 Å². The summed E-state index contributed by atoms with van der Waals surface area (Å²) in [5, 5.41) is 11.1. The molecule has 168 valence electrons. The zero-order valence-electron chi connectivity index (χ0n) is 18.9. The number of carbonyl (C=O) groups excluding carboxylic acids is 1. The van der Waals surface area contributed by atoms with E-state index in [1.165, 1.54) is 24.0 Å². The molecule has 2 aliphatic carbocycles. The maximum atomic E-state index is 12.9. The Morgan fingerprint density at radius 3 is 2.68 bits per heavy atom. The molecule has 1 aromatic carbocycles. The van der Waals surface area contributed by atoms with Crippen LogP contribution in [-0.4, -0.2) is 47.3 Å². The van der Waals surface area contributed by atoms with Crippen LogP contribution in [0.4, 0.5) is 0 Å². The van der Waals surface area contributed by atoms with E-state index in [1.54, 1.807) is 0 Å². The maximum Gasteiger partial charge on any atom is 0.310 e. The molecule has 0 amide bonds. The van der Waals surface area contributed by atoms with E-state index in [0.717, 1.165) is 51.7 Å². The van der Waals surface area contributed by atoms with Crippen molar-refractivity contribution in [2.24, 2.45) is 23.2 Å². The molecule has 0 bridgehead atoms. The number of nitrogens with zero attached hydrogens (tertiary/aromatic N) is 1. The normalized spacial score (nSPS) is 37.7. The van der Waals surface area contributed by atoms with Crippen LogP contribution in [0.15, 0.2) is 42.5 Å². The lowest BCUT2D eigenvalue weighted by atomic mass is 9.55. The zero-order chi connectivity index (χ0) is 21.6. The third kappa shape index (κ3) is 4.09. The van der Waals surface area contributed by atoms with Crippen LogP contribution in [-0.2, 0) is 16.0 Å². The molecule has 1 aromatic rings. The molecule has 2 heterocycles. The molecule has 4 fully saturated rings. The number of hydrogen-bond acceptors (Lipinski definition) is 4. The first-order valence-corrected chi connectivity index (χ1v) is 12.2. The van der Waals surface area contributed by atoms with Crippen molar-refractivity contribution in [1.29, 1.82) is 0 Å². The van der Waals surface area contributed by atoms with E-state index in [-0.39, 0.29) is 23.4 Å². The molecule has 0 aromatic heterocycles. The molecule has 4 nitrogen and oxygen atoms in total. The topological polar surface area (TPSA) is 49.8 Å². The highest BCUT2D eigenvalue weighted by Crippen LogP contribution is 2.57. The van der Waals surface area contributed by atoms with E-state index in [4.69, 9.17) is 4.74 Å². The highest BCUT2D eigenvalue weighted by molar-refractivity contribution is 5.75. The fraction of sp³-hybridized carbons (Fsp3) is 0.667. The smallest absolute Gasteiger partial charge is 0.310 e. The van der Waals surface area contributed by atoms with Gasteiger partial charge in [-0.1, -0.05) is 49.4 Å². The molecular weight excluding hydrogens is 386 g/mol. The molecule has 2 saturated heterocycles. The van der Waals surface area contributed by atoms with E-state index in [2.05, 4.69) is 30.5 Å². The number of rotatable bonds is 4. The molecule has 0 unspecified atom stereocenters. The minimum atomic E-state index is -0.636. The summed E-state index contributed by atoms with van der Waals surface area (Å²) in [6.07, 6.45) is 7.97. The van der Waals surface area contributed by atoms with Gasteiger partial charge in [0, 0.05) is 32.0 Å². The minimum Gasteiger partial charge on any atom is -0.462 e. The Labute approximate surface area is 186 Å². The van der Waals surface area contributed by atoms with Crippen molar-refractivity contribution in [1.82, 2.24) is 4.90 Å². The highest BCUT2D eigenvalue weighted by Gasteiger charge is 2.55. The fourth-order valence-corrected chi connectivity index (χ4v) is 7.05. The Hall–Kier alpha value is -1.65. The second kappa shape index (κ2) is 8.04. The SMILES string of the molecule is C=C1CCC[C@]2(C)C[C@H]3OC(=O)[C@H](CN4CCC(O)(Cc5ccccc5)CC4)[C@@H]3C[C@H]12. The van der Waals surface area contributed by atoms with E-state index in [0.29, 0.717) is 18.3 Å². The van der Waals surface area contributed by atoms with Gasteiger partial charge in [-0.25, -0.2) is 0 Å². The van der Waals surface area contributed by atoms with Gasteiger partial charge in [0.2, 0.25) is 0 Å². The van der Waals surface area contributed by atoms with E-state index < -0.39 is 5.60 Å². The van der Waals surface area contributed by atoms with Gasteiger partial charge < -0.3 is 14.7 Å². The quantitative estimate of drug-likeness (QED) is 0.577. The summed E-state index contributed by atoms with van der Waals surface area (Å²) in [6, 6.07) is 10.3. The number of esters is 1. The van der Waals surface area contributed by atoms with Crippen molar-refractivity contribution >= 4 is 5.97 Å². The first kappa shape index (κ1) is 21.2. The number of aliphatic hydroxyl groups is 1. The first-order valence-electron chi connectivity index (χ1n) is 12.2. The number of hydrogen-bond donors (Lipinski definition) is 1. The number of fused-ring (bicyclic) bond motifs is 2. The van der Waals surface area contributed by atoms with Crippen molar-refractivity contribution < 1.29 is 14.6 Å². The van der Waals surface area contributed by atoms with Gasteiger partial charge in [0.15, 0.2) is 0 Å². The number of allylic oxidation sites excluding steroid dienone is 1. The molecule has 0 radical (unpaired) electrons. The van der Waals surface area contributed by atoms with Crippen molar-refractivity contribution in [3.63, 3.8) is 0 Å². The van der Waals surface area contributed by atoms with Gasteiger partial charge in [-0.15, -0.1) is 0 Å². The molecule has 2 saturated carbocycles. The number of piperidine rings is 1. The summed E-state index contributed by atoms with van der Waals surface area (Å²) in [7, 11) is 0. The molecule has 2 aliphatic heterocycles. The van der Waals surface area contributed by atoms with Crippen LogP contribution in [0.25, 0.3) is 0 Å². The largest absolute Gasteiger partial charge is 0.462 e. The molecular formula is C27H37NO3. The number of ether oxygens (including phenoxy) is 1. The number of likely N-dealkylation sites (tertiary alicyclic amines) is 1. The van der Waals surface area contributed by atoms with Crippen LogP contribution >= 0.6 is 0 Å². The summed E-state index contributed by atoms with van der Waals surface area (Å²) in [6.45, 7) is 9.26. The number of benzene rings is 1. The summed E-state index contributed by atoms with van der Waals surface area (Å²) < 4.78 is 5.94. The van der Waals surface area contributed by atoms with Crippen LogP contribution in [0, 0.1) is 23.2 Å². The minimum absolute atomic E-state index is 0.00739. The van der Waals surface area contributed by atoms with Gasteiger partial charge in [0.05, 0.1) is 11.5 Å². The summed E-state index contributed by atoms with van der Waals surface area (Å²) in [4.78, 5) is 15.2. The average molecular weight is 424 g/mol. The third-order valence-electron chi connectivity index (χ3n) is 8.94. The average Bonchev–Trinajstić information content (AvgIpc) is 3.02. The fourth-order valence-electron chi connectivity index (χ4n) is 7.05. The second-order valence-electron chi connectivity index (χ2n) is 11.1. The van der Waals surface area contributed by atoms with E-state index in [9.17, 15) is 9.90 Å². The van der Waals surface area contributed by atoms with Gasteiger partial charge in [-0.3, -0.25) is 4.79 Å². The number of carbonyl (C=O) groups is 1. The Balaban J connectivity index is 1.21. The lowest BCUT2D eigenvalue weighted by molar-refractivity contribution is -0.146. The zero-order valence-corrected chi connectivity index (χ0v) is 18.9. The van der Waals surface area contributed by atoms with E-state index >= 15 is 0 Å². The Morgan fingerprint density at radius 2 is 1.94 bits per heavy atom. The predicted octanol–water partition coefficient (Wildman–Crippen LogP) is 4.37. The van der Waals surface area contributed by atoms with Gasteiger partial charge in [0.25, 0.3) is 0 Å². The van der Waals surface area contributed by atoms with Crippen molar-refractivity contribution in [3.8, 4) is 0 Å². The standard InChI is InChI=1S/C27H37NO3/c1-19-7-6-10-26(2)17-24-21(15-23(19)26)22(25(29)31-24)18-28-13-11-27(30,12-14-28)16-20-8-4-3-5-9-20/h3-5,8-9,21-24,30H,1,6-7,10-18H2,2H3/t21-,22+,23+,24+,26+/m0/s1. The molecule has 5 rings (SSSR count). The Kier molecular flexibility index (Phi) is 5.50. The van der Waals surface area contributed by atoms with Crippen LogP contribution < -0.4 is 0 Å². The molecule has 4 heteroatoms. The lowest BCUT2D eigenvalue weighted by Crippen LogP contribution is -2.49. The predicted molar refractivity (Wildman–Crippen MR) is 121 cm³/mol. The summed E-state index contributed by atoms with van der Waals surface area (Å²) >= 11 is 0. The maximum absolute atomic E-state index is 12.9. The highest BCUT2D eigenvalue weighted by atomic mass is 16.6. The van der Waals surface area contributed by atoms with Gasteiger partial charge in [-0.2, -0.15) is 0 Å². The summed E-state index contributed by atoms with van der Waals surface area (Å²) in [5.74, 6) is 0.847. The molecule has 31 heavy (non-hydrogen) atoms. The van der Waals surface area contributed by atoms with Gasteiger partial charge >= 0.3 is 5.97 Å². The van der Waals surface area contributed by atoms with Crippen LogP contribution in [0.1, 0.15) is 57.4 Å². The molecule has 5 atom stereocenters. The van der Waals surface area contributed by atoms with Crippen LogP contribution in [0.5, 0.6) is 0 Å². The van der Waals surface area contributed by atoms with Crippen molar-refractivity contribution in [2.45, 2.75) is 70.0 Å². The van der Waals surface area contributed by atoms with E-state index in [1.807, 2.05) is 18.2 Å².